The number of benzene rings is 2. The number of nitrogens with zero attached hydrogens (tertiary/aromatic N) is 1. The van der Waals surface area contributed by atoms with Crippen molar-refractivity contribution < 1.29 is 14.3 Å². The van der Waals surface area contributed by atoms with E-state index in [1.807, 2.05) is 61.5 Å². The molecule has 29 heavy (non-hydrogen) atoms. The number of ether oxygens (including phenoxy) is 1. The number of anilines is 1. The molecule has 0 fully saturated rings. The van der Waals surface area contributed by atoms with Crippen LogP contribution < -0.4 is 5.73 Å². The molecule has 0 saturated carbocycles. The lowest BCUT2D eigenvalue weighted by Gasteiger charge is -2.05. The summed E-state index contributed by atoms with van der Waals surface area (Å²) in [5, 5.41) is 0.718. The number of Topliss-reactive ketones (excluding diaryl/α,β-unsaturated/α-hetero) is 1. The van der Waals surface area contributed by atoms with E-state index in [1.165, 1.54) is 11.3 Å². The van der Waals surface area contributed by atoms with Crippen LogP contribution in [0.25, 0.3) is 21.3 Å². The Morgan fingerprint density at radius 2 is 1.66 bits per heavy atom. The van der Waals surface area contributed by atoms with Gasteiger partial charge in [-0.15, -0.1) is 11.3 Å². The second-order valence-corrected chi connectivity index (χ2v) is 7.59. The molecule has 0 unspecified atom stereocenters. The number of aryl methyl sites for hydroxylation is 1. The molecule has 0 radical (unpaired) electrons. The van der Waals surface area contributed by atoms with Crippen molar-refractivity contribution in [3.63, 3.8) is 0 Å². The van der Waals surface area contributed by atoms with Crippen molar-refractivity contribution in [2.24, 2.45) is 0 Å². The molecule has 0 aliphatic carbocycles. The van der Waals surface area contributed by atoms with Gasteiger partial charge < -0.3 is 10.5 Å². The van der Waals surface area contributed by atoms with Crippen LogP contribution >= 0.6 is 11.3 Å². The van der Waals surface area contributed by atoms with Gasteiger partial charge in [0.15, 0.2) is 12.4 Å². The van der Waals surface area contributed by atoms with Gasteiger partial charge in [0.05, 0.1) is 5.69 Å². The monoisotopic (exact) mass is 402 g/mol. The molecule has 2 N–H and O–H groups in total. The van der Waals surface area contributed by atoms with Crippen LogP contribution in [0.4, 0.5) is 5.69 Å². The number of esters is 1. The number of carbonyl (C=O) groups excluding carboxylic acids is 2. The van der Waals surface area contributed by atoms with Crippen LogP contribution in [-0.2, 0) is 4.74 Å². The highest BCUT2D eigenvalue weighted by atomic mass is 32.1. The predicted octanol–water partition coefficient (Wildman–Crippen LogP) is 4.89. The van der Waals surface area contributed by atoms with Crippen molar-refractivity contribution in [1.29, 1.82) is 0 Å². The van der Waals surface area contributed by atoms with Crippen molar-refractivity contribution in [2.75, 3.05) is 12.3 Å². The number of fused-ring (bicyclic) bond motifs is 1. The van der Waals surface area contributed by atoms with E-state index in [4.69, 9.17) is 10.5 Å². The van der Waals surface area contributed by atoms with Crippen LogP contribution in [0, 0.1) is 6.92 Å². The SMILES string of the molecule is Cc1ccc2c(N)c(C(=O)OCC(=O)c3ccc(-c4ccccc4)cc3)sc2n1. The Kier molecular flexibility index (Phi) is 5.10. The minimum Gasteiger partial charge on any atom is -0.453 e. The number of hydrogen-bond donors (Lipinski definition) is 1. The maximum Gasteiger partial charge on any atom is 0.350 e. The third-order valence-electron chi connectivity index (χ3n) is 4.57. The maximum absolute atomic E-state index is 12.4. The second-order valence-electron chi connectivity index (χ2n) is 6.59. The molecular formula is C23H18N2O3S. The lowest BCUT2D eigenvalue weighted by atomic mass is 10.0. The summed E-state index contributed by atoms with van der Waals surface area (Å²) in [6.45, 7) is 1.53. The van der Waals surface area contributed by atoms with Crippen LogP contribution in [0.15, 0.2) is 66.7 Å². The van der Waals surface area contributed by atoms with Gasteiger partial charge in [0.1, 0.15) is 9.71 Å². The Morgan fingerprint density at radius 1 is 0.966 bits per heavy atom. The topological polar surface area (TPSA) is 82.3 Å². The zero-order chi connectivity index (χ0) is 20.4. The Morgan fingerprint density at radius 3 is 2.38 bits per heavy atom. The quantitative estimate of drug-likeness (QED) is 0.379. The fourth-order valence-electron chi connectivity index (χ4n) is 3.00. The Bertz CT molecular complexity index is 1200. The number of carbonyl (C=O) groups is 2. The number of hydrogen-bond acceptors (Lipinski definition) is 6. The summed E-state index contributed by atoms with van der Waals surface area (Å²) in [5.74, 6) is -0.885. The molecule has 0 amide bonds. The summed E-state index contributed by atoms with van der Waals surface area (Å²) in [6, 6.07) is 20.8. The molecule has 5 nitrogen and oxygen atoms in total. The standard InChI is InChI=1S/C23H18N2O3S/c1-14-7-12-18-20(24)21(29-22(18)25-14)23(27)28-13-19(26)17-10-8-16(9-11-17)15-5-3-2-4-6-15/h2-12H,13,24H2,1H3. The van der Waals surface area contributed by atoms with Crippen LogP contribution in [0.1, 0.15) is 25.7 Å². The molecule has 0 bridgehead atoms. The lowest BCUT2D eigenvalue weighted by molar-refractivity contribution is 0.0480. The smallest absolute Gasteiger partial charge is 0.350 e. The van der Waals surface area contributed by atoms with Gasteiger partial charge >= 0.3 is 5.97 Å². The van der Waals surface area contributed by atoms with E-state index < -0.39 is 5.97 Å². The molecular weight excluding hydrogens is 384 g/mol. The summed E-state index contributed by atoms with van der Waals surface area (Å²) in [5.41, 5.74) is 9.81. The first-order valence-electron chi connectivity index (χ1n) is 9.04. The largest absolute Gasteiger partial charge is 0.453 e. The van der Waals surface area contributed by atoms with Crippen LogP contribution in [0.5, 0.6) is 0 Å². The van der Waals surface area contributed by atoms with Crippen LogP contribution in [0.3, 0.4) is 0 Å². The molecule has 0 spiro atoms. The van der Waals surface area contributed by atoms with Crippen molar-refractivity contribution in [3.8, 4) is 11.1 Å². The van der Waals surface area contributed by atoms with Crippen molar-refractivity contribution >= 4 is 39.0 Å². The highest BCUT2D eigenvalue weighted by molar-refractivity contribution is 7.21. The third-order valence-corrected chi connectivity index (χ3v) is 5.66. The van der Waals surface area contributed by atoms with Crippen molar-refractivity contribution in [1.82, 2.24) is 4.98 Å². The minimum absolute atomic E-state index is 0.269. The van der Waals surface area contributed by atoms with Gasteiger partial charge in [-0.05, 0) is 30.2 Å². The Hall–Kier alpha value is -3.51. The van der Waals surface area contributed by atoms with Gasteiger partial charge in [-0.3, -0.25) is 4.79 Å². The third kappa shape index (κ3) is 3.88. The van der Waals surface area contributed by atoms with Gasteiger partial charge in [0.2, 0.25) is 0 Å². The zero-order valence-corrected chi connectivity index (χ0v) is 16.5. The molecule has 4 rings (SSSR count). The van der Waals surface area contributed by atoms with Crippen molar-refractivity contribution in [2.45, 2.75) is 6.92 Å². The summed E-state index contributed by atoms with van der Waals surface area (Å²) in [4.78, 5) is 30.2. The number of rotatable bonds is 5. The number of pyridine rings is 1. The molecule has 0 atom stereocenters. The first-order chi connectivity index (χ1) is 14.0. The number of thiophene rings is 1. The fraction of sp³-hybridized carbons (Fsp3) is 0.0870. The van der Waals surface area contributed by atoms with Crippen LogP contribution in [-0.4, -0.2) is 23.3 Å². The molecule has 2 aromatic heterocycles. The predicted molar refractivity (Wildman–Crippen MR) is 115 cm³/mol. The van der Waals surface area contributed by atoms with E-state index in [-0.39, 0.29) is 17.3 Å². The number of nitrogen functional groups attached to an aromatic ring is 1. The van der Waals surface area contributed by atoms with E-state index in [9.17, 15) is 9.59 Å². The van der Waals surface area contributed by atoms with E-state index in [0.717, 1.165) is 22.2 Å². The summed E-state index contributed by atoms with van der Waals surface area (Å²) >= 11 is 1.17. The van der Waals surface area contributed by atoms with E-state index in [2.05, 4.69) is 4.98 Å². The zero-order valence-electron chi connectivity index (χ0n) is 15.7. The summed E-state index contributed by atoms with van der Waals surface area (Å²) < 4.78 is 5.21. The summed E-state index contributed by atoms with van der Waals surface area (Å²) in [7, 11) is 0. The second kappa shape index (κ2) is 7.85. The molecule has 2 heterocycles. The minimum atomic E-state index is -0.614. The average molecular weight is 402 g/mol. The van der Waals surface area contributed by atoms with Gasteiger partial charge in [-0.2, -0.15) is 0 Å². The van der Waals surface area contributed by atoms with E-state index in [0.29, 0.717) is 16.1 Å². The number of ketones is 1. The summed E-state index contributed by atoms with van der Waals surface area (Å²) in [6.07, 6.45) is 0. The molecule has 0 aliphatic heterocycles. The number of nitrogens with two attached hydrogens (primary N) is 1. The first kappa shape index (κ1) is 18.8. The van der Waals surface area contributed by atoms with E-state index in [1.54, 1.807) is 12.1 Å². The van der Waals surface area contributed by atoms with Crippen LogP contribution in [0.2, 0.25) is 0 Å². The fourth-order valence-corrected chi connectivity index (χ4v) is 4.03. The highest BCUT2D eigenvalue weighted by Gasteiger charge is 2.20. The highest BCUT2D eigenvalue weighted by Crippen LogP contribution is 2.33. The van der Waals surface area contributed by atoms with Gasteiger partial charge in [0.25, 0.3) is 0 Å². The van der Waals surface area contributed by atoms with Gasteiger partial charge in [-0.25, -0.2) is 9.78 Å². The van der Waals surface area contributed by atoms with Gasteiger partial charge in [0, 0.05) is 16.6 Å². The van der Waals surface area contributed by atoms with Crippen molar-refractivity contribution in [3.05, 3.63) is 82.9 Å². The molecule has 6 heteroatoms. The molecule has 144 valence electrons. The lowest BCUT2D eigenvalue weighted by Crippen LogP contribution is -2.14. The average Bonchev–Trinajstić information content (AvgIpc) is 3.08. The normalized spacial score (nSPS) is 10.8. The molecule has 0 saturated heterocycles. The Labute approximate surface area is 171 Å². The van der Waals surface area contributed by atoms with Gasteiger partial charge in [-0.1, -0.05) is 54.6 Å². The molecule has 2 aromatic carbocycles. The molecule has 0 aliphatic rings. The maximum atomic E-state index is 12.4. The molecule has 4 aromatic rings. The first-order valence-corrected chi connectivity index (χ1v) is 9.86. The Balaban J connectivity index is 1.44. The van der Waals surface area contributed by atoms with E-state index >= 15 is 0 Å². The number of aromatic nitrogens is 1.